The van der Waals surface area contributed by atoms with Gasteiger partial charge in [-0.1, -0.05) is 75.4 Å². The van der Waals surface area contributed by atoms with Gasteiger partial charge in [-0.2, -0.15) is 0 Å². The van der Waals surface area contributed by atoms with Crippen LogP contribution in [0, 0.1) is 5.41 Å². The fraction of sp³-hybridized carbons (Fsp3) is 0.429. The monoisotopic (exact) mass is 462 g/mol. The average Bonchev–Trinajstić information content (AvgIpc) is 3.03. The van der Waals surface area contributed by atoms with Crippen LogP contribution < -0.4 is 0 Å². The molecule has 0 aromatic heterocycles. The van der Waals surface area contributed by atoms with Crippen LogP contribution >= 0.6 is 0 Å². The Morgan fingerprint density at radius 2 is 1.76 bits per heavy atom. The number of nitrogens with zero attached hydrogens (tertiary/aromatic N) is 2. The first kappa shape index (κ1) is 23.9. The van der Waals surface area contributed by atoms with Crippen LogP contribution in [0.4, 0.5) is 9.59 Å². The van der Waals surface area contributed by atoms with E-state index in [9.17, 15) is 14.7 Å². The summed E-state index contributed by atoms with van der Waals surface area (Å²) in [5.74, 6) is 0.144. The first-order valence-electron chi connectivity index (χ1n) is 12.0. The van der Waals surface area contributed by atoms with Crippen LogP contribution in [0.25, 0.3) is 5.57 Å². The molecule has 0 saturated heterocycles. The Balaban J connectivity index is 1.46. The van der Waals surface area contributed by atoms with Crippen LogP contribution in [0.2, 0.25) is 0 Å². The minimum atomic E-state index is -0.850. The van der Waals surface area contributed by atoms with E-state index >= 15 is 0 Å². The summed E-state index contributed by atoms with van der Waals surface area (Å²) in [5.41, 5.74) is 5.80. The largest absolute Gasteiger partial charge is 0.465 e. The van der Waals surface area contributed by atoms with Crippen LogP contribution in [0.3, 0.4) is 0 Å². The predicted molar refractivity (Wildman–Crippen MR) is 133 cm³/mol. The van der Waals surface area contributed by atoms with E-state index in [0.717, 1.165) is 17.5 Å². The molecular formula is C28H34N2O4. The minimum Gasteiger partial charge on any atom is -0.465 e. The van der Waals surface area contributed by atoms with Crippen LogP contribution in [0.5, 0.6) is 0 Å². The van der Waals surface area contributed by atoms with E-state index in [2.05, 4.69) is 45.0 Å². The molecule has 180 valence electrons. The van der Waals surface area contributed by atoms with E-state index in [-0.39, 0.29) is 24.0 Å². The first-order chi connectivity index (χ1) is 16.2. The van der Waals surface area contributed by atoms with Crippen molar-refractivity contribution in [3.05, 3.63) is 76.9 Å². The Morgan fingerprint density at radius 1 is 1.03 bits per heavy atom. The van der Waals surface area contributed by atoms with Gasteiger partial charge in [-0.25, -0.2) is 9.59 Å². The molecule has 0 radical (unpaired) electrons. The van der Waals surface area contributed by atoms with Crippen LogP contribution in [-0.2, 0) is 17.8 Å². The van der Waals surface area contributed by atoms with Crippen LogP contribution in [-0.4, -0.2) is 53.3 Å². The highest BCUT2D eigenvalue weighted by Crippen LogP contribution is 2.40. The molecule has 2 aromatic rings. The van der Waals surface area contributed by atoms with Gasteiger partial charge in [0.1, 0.15) is 6.61 Å². The van der Waals surface area contributed by atoms with Crippen molar-refractivity contribution < 1.29 is 19.4 Å². The fourth-order valence-corrected chi connectivity index (χ4v) is 4.85. The molecule has 0 aliphatic carbocycles. The van der Waals surface area contributed by atoms with Gasteiger partial charge >= 0.3 is 12.2 Å². The second-order valence-corrected chi connectivity index (χ2v) is 10.3. The lowest BCUT2D eigenvalue weighted by molar-refractivity contribution is 0.0998. The lowest BCUT2D eigenvalue weighted by Crippen LogP contribution is -2.36. The van der Waals surface area contributed by atoms with E-state index < -0.39 is 6.09 Å². The summed E-state index contributed by atoms with van der Waals surface area (Å²) in [6.07, 6.45) is 2.45. The van der Waals surface area contributed by atoms with Gasteiger partial charge in [0.05, 0.1) is 0 Å². The Labute approximate surface area is 201 Å². The van der Waals surface area contributed by atoms with Crippen molar-refractivity contribution in [2.45, 2.75) is 46.1 Å². The standard InChI is InChI=1S/C28H34N2O4/c1-28(2,3)25-18-30(26(31)32)16-13-23-17-22(9-10-24(23)25)21-11-14-29(15-12-21)27(33)34-19-20-7-5-4-6-8-20/h4-11,17,25H,12-16,18-19H2,1-3H3,(H,31,32). The summed E-state index contributed by atoms with van der Waals surface area (Å²) >= 11 is 0. The third kappa shape index (κ3) is 5.44. The quantitative estimate of drug-likeness (QED) is 0.628. The number of ether oxygens (including phenoxy) is 1. The second-order valence-electron chi connectivity index (χ2n) is 10.3. The number of benzene rings is 2. The summed E-state index contributed by atoms with van der Waals surface area (Å²) < 4.78 is 5.47. The van der Waals surface area contributed by atoms with Crippen molar-refractivity contribution in [1.29, 1.82) is 0 Å². The molecule has 1 unspecified atom stereocenters. The maximum Gasteiger partial charge on any atom is 0.410 e. The van der Waals surface area contributed by atoms with Gasteiger partial charge in [0, 0.05) is 32.1 Å². The van der Waals surface area contributed by atoms with E-state index in [0.29, 0.717) is 32.6 Å². The zero-order valence-corrected chi connectivity index (χ0v) is 20.3. The number of rotatable bonds is 3. The van der Waals surface area contributed by atoms with Gasteiger partial charge in [0.2, 0.25) is 0 Å². The minimum absolute atomic E-state index is 0.0426. The highest BCUT2D eigenvalue weighted by Gasteiger charge is 2.33. The predicted octanol–water partition coefficient (Wildman–Crippen LogP) is 5.78. The van der Waals surface area contributed by atoms with E-state index in [1.807, 2.05) is 30.3 Å². The van der Waals surface area contributed by atoms with E-state index in [1.54, 1.807) is 9.80 Å². The zero-order valence-electron chi connectivity index (χ0n) is 20.3. The molecule has 2 heterocycles. The summed E-state index contributed by atoms with van der Waals surface area (Å²) in [6, 6.07) is 16.3. The molecule has 1 atom stereocenters. The molecule has 2 aromatic carbocycles. The second kappa shape index (κ2) is 9.92. The van der Waals surface area contributed by atoms with E-state index in [1.165, 1.54) is 16.7 Å². The maximum absolute atomic E-state index is 12.5. The van der Waals surface area contributed by atoms with Crippen molar-refractivity contribution in [1.82, 2.24) is 9.80 Å². The van der Waals surface area contributed by atoms with Gasteiger partial charge in [-0.15, -0.1) is 0 Å². The SMILES string of the molecule is CC(C)(C)C1CN(C(=O)O)CCc2cc(C3=CCN(C(=O)OCc4ccccc4)CC3)ccc21. The van der Waals surface area contributed by atoms with Crippen LogP contribution in [0.1, 0.15) is 55.4 Å². The highest BCUT2D eigenvalue weighted by atomic mass is 16.6. The Kier molecular flexibility index (Phi) is 6.96. The average molecular weight is 463 g/mol. The molecule has 1 N–H and O–H groups in total. The van der Waals surface area contributed by atoms with Crippen molar-refractivity contribution in [3.8, 4) is 0 Å². The van der Waals surface area contributed by atoms with Crippen molar-refractivity contribution in [2.75, 3.05) is 26.2 Å². The number of carbonyl (C=O) groups is 2. The Bertz CT molecular complexity index is 1070. The summed E-state index contributed by atoms with van der Waals surface area (Å²) in [4.78, 5) is 27.5. The molecule has 4 rings (SSSR count). The maximum atomic E-state index is 12.5. The van der Waals surface area contributed by atoms with Gasteiger partial charge in [0.25, 0.3) is 0 Å². The van der Waals surface area contributed by atoms with Crippen molar-refractivity contribution in [2.24, 2.45) is 5.41 Å². The molecule has 6 nitrogen and oxygen atoms in total. The zero-order chi connectivity index (χ0) is 24.3. The molecular weight excluding hydrogens is 428 g/mol. The summed E-state index contributed by atoms with van der Waals surface area (Å²) in [7, 11) is 0. The summed E-state index contributed by atoms with van der Waals surface area (Å²) in [6.45, 7) is 8.99. The molecule has 0 fully saturated rings. The van der Waals surface area contributed by atoms with Crippen LogP contribution in [0.15, 0.2) is 54.6 Å². The molecule has 34 heavy (non-hydrogen) atoms. The molecule has 2 amide bonds. The van der Waals surface area contributed by atoms with Crippen molar-refractivity contribution >= 4 is 17.8 Å². The lowest BCUT2D eigenvalue weighted by Gasteiger charge is -2.33. The molecule has 0 saturated carbocycles. The first-order valence-corrected chi connectivity index (χ1v) is 12.0. The number of fused-ring (bicyclic) bond motifs is 1. The van der Waals surface area contributed by atoms with Gasteiger partial charge < -0.3 is 19.6 Å². The van der Waals surface area contributed by atoms with E-state index in [4.69, 9.17) is 4.74 Å². The fourth-order valence-electron chi connectivity index (χ4n) is 4.85. The molecule has 0 spiro atoms. The molecule has 2 aliphatic heterocycles. The lowest BCUT2D eigenvalue weighted by atomic mass is 9.74. The highest BCUT2D eigenvalue weighted by molar-refractivity contribution is 5.73. The van der Waals surface area contributed by atoms with Gasteiger partial charge in [0.15, 0.2) is 0 Å². The summed E-state index contributed by atoms with van der Waals surface area (Å²) in [5, 5.41) is 9.63. The van der Waals surface area contributed by atoms with Crippen molar-refractivity contribution in [3.63, 3.8) is 0 Å². The van der Waals surface area contributed by atoms with Gasteiger partial charge in [-0.3, -0.25) is 0 Å². The number of hydrogen-bond donors (Lipinski definition) is 1. The third-order valence-corrected chi connectivity index (χ3v) is 6.93. The topological polar surface area (TPSA) is 70.1 Å². The smallest absolute Gasteiger partial charge is 0.410 e. The molecule has 0 bridgehead atoms. The number of carbonyl (C=O) groups excluding carboxylic acids is 1. The third-order valence-electron chi connectivity index (χ3n) is 6.93. The Morgan fingerprint density at radius 3 is 2.41 bits per heavy atom. The normalized spacial score (nSPS) is 18.6. The Hall–Kier alpha value is -3.28. The number of carboxylic acid groups (broad SMARTS) is 1. The number of hydrogen-bond acceptors (Lipinski definition) is 3. The number of amides is 2. The van der Waals surface area contributed by atoms with Gasteiger partial charge in [-0.05, 0) is 46.1 Å². The molecule has 6 heteroatoms. The molecule has 2 aliphatic rings.